The predicted octanol–water partition coefficient (Wildman–Crippen LogP) is 4.43. The van der Waals surface area contributed by atoms with Gasteiger partial charge in [0.15, 0.2) is 5.96 Å². The zero-order valence-electron chi connectivity index (χ0n) is 16.4. The van der Waals surface area contributed by atoms with Crippen molar-refractivity contribution in [3.63, 3.8) is 0 Å². The summed E-state index contributed by atoms with van der Waals surface area (Å²) in [6.45, 7) is 1.36. The number of aromatic nitrogens is 2. The van der Waals surface area contributed by atoms with Crippen molar-refractivity contribution in [1.82, 2.24) is 20.2 Å². The second-order valence-electron chi connectivity index (χ2n) is 6.43. The molecule has 3 rings (SSSR count). The van der Waals surface area contributed by atoms with Crippen molar-refractivity contribution in [3.8, 4) is 0 Å². The van der Waals surface area contributed by atoms with Gasteiger partial charge in [-0.25, -0.2) is 4.98 Å². The van der Waals surface area contributed by atoms with E-state index in [2.05, 4.69) is 20.6 Å². The Labute approximate surface area is 190 Å². The highest BCUT2D eigenvalue weighted by atomic mass is 127. The van der Waals surface area contributed by atoms with Gasteiger partial charge in [0, 0.05) is 32.5 Å². The molecule has 3 aromatic rings. The average molecular weight is 529 g/mol. The average Bonchev–Trinajstić information content (AvgIpc) is 3.15. The molecular formula is C21H23F3IN5. The minimum Gasteiger partial charge on any atom is -0.352 e. The lowest BCUT2D eigenvalue weighted by atomic mass is 10.1. The number of hydrogen-bond acceptors (Lipinski definition) is 2. The van der Waals surface area contributed by atoms with Gasteiger partial charge >= 0.3 is 6.18 Å². The highest BCUT2D eigenvalue weighted by Gasteiger charge is 2.30. The standard InChI is InChI=1S/C21H22F3N5.HI/c1-25-20(27-13-17-8-5-9-18(12-17)21(22,23)24)28-14-19-26-10-11-29(19)15-16-6-3-2-4-7-16;/h2-12H,13-15H2,1H3,(H2,25,27,28);1H. The summed E-state index contributed by atoms with van der Waals surface area (Å²) in [6, 6.07) is 15.3. The van der Waals surface area contributed by atoms with Gasteiger partial charge < -0.3 is 15.2 Å². The Bertz CT molecular complexity index is 955. The van der Waals surface area contributed by atoms with Gasteiger partial charge in [-0.15, -0.1) is 24.0 Å². The minimum absolute atomic E-state index is 0. The van der Waals surface area contributed by atoms with E-state index < -0.39 is 11.7 Å². The molecule has 0 saturated carbocycles. The van der Waals surface area contributed by atoms with Crippen molar-refractivity contribution in [2.24, 2.45) is 4.99 Å². The van der Waals surface area contributed by atoms with Crippen LogP contribution in [0.15, 0.2) is 72.0 Å². The summed E-state index contributed by atoms with van der Waals surface area (Å²) in [6.07, 6.45) is -0.715. The van der Waals surface area contributed by atoms with Crippen LogP contribution >= 0.6 is 24.0 Å². The molecule has 1 heterocycles. The van der Waals surface area contributed by atoms with E-state index in [1.165, 1.54) is 11.6 Å². The number of guanidine groups is 1. The van der Waals surface area contributed by atoms with Crippen LogP contribution in [-0.4, -0.2) is 22.6 Å². The number of benzene rings is 2. The van der Waals surface area contributed by atoms with Gasteiger partial charge in [-0.05, 0) is 23.3 Å². The van der Waals surface area contributed by atoms with Gasteiger partial charge in [-0.1, -0.05) is 42.5 Å². The number of hydrogen-bond donors (Lipinski definition) is 2. The van der Waals surface area contributed by atoms with Gasteiger partial charge in [-0.2, -0.15) is 13.2 Å². The summed E-state index contributed by atoms with van der Waals surface area (Å²) in [7, 11) is 1.61. The van der Waals surface area contributed by atoms with Gasteiger partial charge in [0.25, 0.3) is 0 Å². The van der Waals surface area contributed by atoms with E-state index in [4.69, 9.17) is 0 Å². The van der Waals surface area contributed by atoms with Gasteiger partial charge in [0.2, 0.25) is 0 Å². The van der Waals surface area contributed by atoms with Crippen LogP contribution in [0, 0.1) is 0 Å². The molecule has 2 N–H and O–H groups in total. The maximum Gasteiger partial charge on any atom is 0.416 e. The van der Waals surface area contributed by atoms with Crippen LogP contribution < -0.4 is 10.6 Å². The van der Waals surface area contributed by atoms with E-state index in [9.17, 15) is 13.2 Å². The molecule has 0 bridgehead atoms. The van der Waals surface area contributed by atoms with Crippen molar-refractivity contribution in [2.75, 3.05) is 7.05 Å². The third-order valence-corrected chi connectivity index (χ3v) is 4.35. The summed E-state index contributed by atoms with van der Waals surface area (Å²) in [5.41, 5.74) is 1.02. The quantitative estimate of drug-likeness (QED) is 0.282. The Morgan fingerprint density at radius 2 is 1.70 bits per heavy atom. The topological polar surface area (TPSA) is 54.2 Å². The van der Waals surface area contributed by atoms with Crippen LogP contribution in [0.1, 0.15) is 22.5 Å². The van der Waals surface area contributed by atoms with Gasteiger partial charge in [0.05, 0.1) is 12.1 Å². The fraction of sp³-hybridized carbons (Fsp3) is 0.238. The summed E-state index contributed by atoms with van der Waals surface area (Å²) in [4.78, 5) is 8.49. The van der Waals surface area contributed by atoms with E-state index in [1.807, 2.05) is 41.1 Å². The number of aliphatic imine (C=N–C) groups is 1. The summed E-state index contributed by atoms with van der Waals surface area (Å²) < 4.78 is 40.5. The normalized spacial score (nSPS) is 11.7. The minimum atomic E-state index is -4.36. The highest BCUT2D eigenvalue weighted by Crippen LogP contribution is 2.29. The number of rotatable bonds is 6. The SMILES string of the molecule is CN=C(NCc1cccc(C(F)(F)F)c1)NCc1nccn1Cc1ccccc1.I. The second kappa shape index (κ2) is 11.0. The molecule has 0 spiro atoms. The summed E-state index contributed by atoms with van der Waals surface area (Å²) in [5.74, 6) is 1.31. The van der Waals surface area contributed by atoms with E-state index in [0.29, 0.717) is 24.6 Å². The number of halogens is 4. The van der Waals surface area contributed by atoms with Crippen molar-refractivity contribution in [2.45, 2.75) is 25.8 Å². The Morgan fingerprint density at radius 1 is 1.00 bits per heavy atom. The third kappa shape index (κ3) is 6.75. The number of imidazole rings is 1. The molecule has 0 fully saturated rings. The van der Waals surface area contributed by atoms with E-state index >= 15 is 0 Å². The predicted molar refractivity (Wildman–Crippen MR) is 122 cm³/mol. The van der Waals surface area contributed by atoms with Gasteiger partial charge in [0.1, 0.15) is 5.82 Å². The molecule has 1 aromatic heterocycles. The molecule has 0 atom stereocenters. The molecule has 5 nitrogen and oxygen atoms in total. The second-order valence-corrected chi connectivity index (χ2v) is 6.43. The highest BCUT2D eigenvalue weighted by molar-refractivity contribution is 14.0. The number of nitrogens with one attached hydrogen (secondary N) is 2. The molecule has 9 heteroatoms. The summed E-state index contributed by atoms with van der Waals surface area (Å²) in [5, 5.41) is 6.18. The summed E-state index contributed by atoms with van der Waals surface area (Å²) >= 11 is 0. The largest absolute Gasteiger partial charge is 0.416 e. The molecule has 0 aliphatic heterocycles. The Balaban J connectivity index is 0.00000320. The van der Waals surface area contributed by atoms with Gasteiger partial charge in [-0.3, -0.25) is 4.99 Å². The van der Waals surface area contributed by atoms with E-state index in [1.54, 1.807) is 19.3 Å². The maximum absolute atomic E-state index is 12.8. The molecule has 30 heavy (non-hydrogen) atoms. The first kappa shape index (κ1) is 23.7. The first-order chi connectivity index (χ1) is 14.0. The van der Waals surface area contributed by atoms with E-state index in [-0.39, 0.29) is 30.5 Å². The molecular weight excluding hydrogens is 506 g/mol. The first-order valence-electron chi connectivity index (χ1n) is 9.10. The molecule has 0 radical (unpaired) electrons. The lowest BCUT2D eigenvalue weighted by Crippen LogP contribution is -2.37. The fourth-order valence-electron chi connectivity index (χ4n) is 2.86. The molecule has 160 valence electrons. The third-order valence-electron chi connectivity index (χ3n) is 4.35. The zero-order chi connectivity index (χ0) is 20.7. The maximum atomic E-state index is 12.8. The molecule has 2 aromatic carbocycles. The smallest absolute Gasteiger partial charge is 0.352 e. The van der Waals surface area contributed by atoms with Crippen molar-refractivity contribution in [1.29, 1.82) is 0 Å². The molecule has 0 aliphatic carbocycles. The van der Waals surface area contributed by atoms with Crippen LogP contribution in [0.4, 0.5) is 13.2 Å². The zero-order valence-corrected chi connectivity index (χ0v) is 18.7. The molecule has 0 unspecified atom stereocenters. The van der Waals surface area contributed by atoms with Crippen LogP contribution in [0.2, 0.25) is 0 Å². The van der Waals surface area contributed by atoms with E-state index in [0.717, 1.165) is 18.0 Å². The number of nitrogens with zero attached hydrogens (tertiary/aromatic N) is 3. The lowest BCUT2D eigenvalue weighted by Gasteiger charge is -2.14. The Kier molecular flexibility index (Phi) is 8.70. The van der Waals surface area contributed by atoms with Crippen molar-refractivity contribution < 1.29 is 13.2 Å². The van der Waals surface area contributed by atoms with Crippen LogP contribution in [0.25, 0.3) is 0 Å². The number of alkyl halides is 3. The Hall–Kier alpha value is -2.56. The lowest BCUT2D eigenvalue weighted by molar-refractivity contribution is -0.137. The van der Waals surface area contributed by atoms with Crippen molar-refractivity contribution in [3.05, 3.63) is 89.5 Å². The van der Waals surface area contributed by atoms with Crippen LogP contribution in [0.3, 0.4) is 0 Å². The molecule has 0 saturated heterocycles. The molecule has 0 amide bonds. The monoisotopic (exact) mass is 529 g/mol. The van der Waals surface area contributed by atoms with Crippen LogP contribution in [-0.2, 0) is 25.8 Å². The molecule has 0 aliphatic rings. The van der Waals surface area contributed by atoms with Crippen LogP contribution in [0.5, 0.6) is 0 Å². The fourth-order valence-corrected chi connectivity index (χ4v) is 2.86. The Morgan fingerprint density at radius 3 is 2.40 bits per heavy atom. The van der Waals surface area contributed by atoms with Crippen molar-refractivity contribution >= 4 is 29.9 Å². The first-order valence-corrected chi connectivity index (χ1v) is 9.10.